The summed E-state index contributed by atoms with van der Waals surface area (Å²) in [5, 5.41) is 0.763. The third kappa shape index (κ3) is 2.76. The van der Waals surface area contributed by atoms with Crippen molar-refractivity contribution in [3.8, 4) is 5.75 Å². The molecular formula is C17H19ClO. The van der Waals surface area contributed by atoms with Crippen LogP contribution in [-0.2, 0) is 6.61 Å². The zero-order valence-corrected chi connectivity index (χ0v) is 12.4. The zero-order chi connectivity index (χ0) is 13.8. The molecule has 0 N–H and O–H groups in total. The van der Waals surface area contributed by atoms with Gasteiger partial charge in [-0.15, -0.1) is 0 Å². The standard InChI is InChI=1S/C15H13ClO.C2H6/c1-10-13-5-3-2-4-11(13)9-17-15-7-6-12(16)8-14(10)15;1-2/h2-8,10H,9H2,1H3;1-2H3. The minimum atomic E-state index is 0.322. The Bertz CT molecular complexity index is 563. The molecular weight excluding hydrogens is 256 g/mol. The molecule has 2 aromatic rings. The van der Waals surface area contributed by atoms with Crippen LogP contribution in [0.5, 0.6) is 5.75 Å². The highest BCUT2D eigenvalue weighted by Gasteiger charge is 2.20. The van der Waals surface area contributed by atoms with E-state index in [9.17, 15) is 0 Å². The van der Waals surface area contributed by atoms with Crippen molar-refractivity contribution in [3.63, 3.8) is 0 Å². The lowest BCUT2D eigenvalue weighted by Gasteiger charge is -2.13. The molecule has 3 rings (SSSR count). The number of rotatable bonds is 0. The predicted octanol–water partition coefficient (Wildman–Crippen LogP) is 5.41. The molecule has 0 saturated heterocycles. The Balaban J connectivity index is 0.000000637. The Kier molecular flexibility index (Phi) is 4.49. The van der Waals surface area contributed by atoms with Crippen LogP contribution in [0.4, 0.5) is 0 Å². The molecule has 0 fully saturated rings. The minimum Gasteiger partial charge on any atom is -0.489 e. The van der Waals surface area contributed by atoms with Gasteiger partial charge in [0.2, 0.25) is 0 Å². The van der Waals surface area contributed by atoms with Gasteiger partial charge < -0.3 is 4.74 Å². The SMILES string of the molecule is CC.CC1c2ccccc2COc2ccc(Cl)cc21. The van der Waals surface area contributed by atoms with Gasteiger partial charge in [-0.25, -0.2) is 0 Å². The first-order valence-corrected chi connectivity index (χ1v) is 7.13. The average molecular weight is 275 g/mol. The van der Waals surface area contributed by atoms with E-state index < -0.39 is 0 Å². The fourth-order valence-corrected chi connectivity index (χ4v) is 2.58. The van der Waals surface area contributed by atoms with Crippen molar-refractivity contribution < 1.29 is 4.74 Å². The molecule has 2 aromatic carbocycles. The quantitative estimate of drug-likeness (QED) is 0.624. The summed E-state index contributed by atoms with van der Waals surface area (Å²) in [4.78, 5) is 0. The van der Waals surface area contributed by atoms with E-state index in [1.807, 2.05) is 32.0 Å². The number of halogens is 1. The second kappa shape index (κ2) is 6.12. The van der Waals surface area contributed by atoms with Gasteiger partial charge >= 0.3 is 0 Å². The van der Waals surface area contributed by atoms with Crippen molar-refractivity contribution in [2.75, 3.05) is 0 Å². The summed E-state index contributed by atoms with van der Waals surface area (Å²) >= 11 is 6.07. The highest BCUT2D eigenvalue weighted by molar-refractivity contribution is 6.30. The number of ether oxygens (including phenoxy) is 1. The van der Waals surface area contributed by atoms with Crippen LogP contribution in [0.15, 0.2) is 42.5 Å². The van der Waals surface area contributed by atoms with Crippen LogP contribution in [-0.4, -0.2) is 0 Å². The summed E-state index contributed by atoms with van der Waals surface area (Å²) in [6, 6.07) is 14.3. The molecule has 0 radical (unpaired) electrons. The van der Waals surface area contributed by atoms with Crippen molar-refractivity contribution >= 4 is 11.6 Å². The Morgan fingerprint density at radius 1 is 1.05 bits per heavy atom. The highest BCUT2D eigenvalue weighted by atomic mass is 35.5. The van der Waals surface area contributed by atoms with Crippen LogP contribution in [0, 0.1) is 0 Å². The molecule has 0 saturated carbocycles. The van der Waals surface area contributed by atoms with Gasteiger partial charge in [-0.05, 0) is 29.3 Å². The maximum atomic E-state index is 6.07. The largest absolute Gasteiger partial charge is 0.489 e. The topological polar surface area (TPSA) is 9.23 Å². The molecule has 1 unspecified atom stereocenters. The lowest BCUT2D eigenvalue weighted by Crippen LogP contribution is -1.97. The van der Waals surface area contributed by atoms with Crippen LogP contribution in [0.3, 0.4) is 0 Å². The summed E-state index contributed by atoms with van der Waals surface area (Å²) < 4.78 is 5.84. The molecule has 100 valence electrons. The maximum Gasteiger partial charge on any atom is 0.123 e. The average Bonchev–Trinajstić information content (AvgIpc) is 2.60. The molecule has 0 amide bonds. The van der Waals surface area contributed by atoms with E-state index in [0.717, 1.165) is 10.8 Å². The smallest absolute Gasteiger partial charge is 0.123 e. The van der Waals surface area contributed by atoms with E-state index in [4.69, 9.17) is 16.3 Å². The number of hydrogen-bond donors (Lipinski definition) is 0. The molecule has 0 spiro atoms. The molecule has 2 heteroatoms. The Morgan fingerprint density at radius 2 is 1.79 bits per heavy atom. The molecule has 1 nitrogen and oxygen atoms in total. The van der Waals surface area contributed by atoms with E-state index in [2.05, 4.69) is 31.2 Å². The van der Waals surface area contributed by atoms with Crippen LogP contribution in [0.2, 0.25) is 5.02 Å². The Labute approximate surface area is 120 Å². The predicted molar refractivity (Wildman–Crippen MR) is 81.1 cm³/mol. The number of fused-ring (bicyclic) bond motifs is 2. The van der Waals surface area contributed by atoms with Crippen molar-refractivity contribution in [1.29, 1.82) is 0 Å². The van der Waals surface area contributed by atoms with Gasteiger partial charge in [0.25, 0.3) is 0 Å². The monoisotopic (exact) mass is 274 g/mol. The summed E-state index contributed by atoms with van der Waals surface area (Å²) in [7, 11) is 0. The molecule has 1 aliphatic heterocycles. The molecule has 0 bridgehead atoms. The van der Waals surface area contributed by atoms with Gasteiger partial charge in [-0.2, -0.15) is 0 Å². The maximum absolute atomic E-state index is 6.07. The number of benzene rings is 2. The van der Waals surface area contributed by atoms with Gasteiger partial charge in [-0.3, -0.25) is 0 Å². The lowest BCUT2D eigenvalue weighted by molar-refractivity contribution is 0.307. The van der Waals surface area contributed by atoms with Crippen LogP contribution >= 0.6 is 11.6 Å². The summed E-state index contributed by atoms with van der Waals surface area (Å²) in [6.07, 6.45) is 0. The van der Waals surface area contributed by atoms with Crippen LogP contribution < -0.4 is 4.74 Å². The molecule has 0 aliphatic carbocycles. The second-order valence-corrected chi connectivity index (χ2v) is 4.83. The van der Waals surface area contributed by atoms with E-state index >= 15 is 0 Å². The molecule has 1 atom stereocenters. The normalized spacial score (nSPS) is 16.1. The third-order valence-electron chi connectivity index (χ3n) is 3.34. The fourth-order valence-electron chi connectivity index (χ4n) is 2.40. The van der Waals surface area contributed by atoms with E-state index in [1.165, 1.54) is 16.7 Å². The van der Waals surface area contributed by atoms with Crippen LogP contribution in [0.1, 0.15) is 43.4 Å². The van der Waals surface area contributed by atoms with Gasteiger partial charge in [0.05, 0.1) is 0 Å². The van der Waals surface area contributed by atoms with Crippen molar-refractivity contribution in [2.45, 2.75) is 33.3 Å². The van der Waals surface area contributed by atoms with Gasteiger partial charge in [-0.1, -0.05) is 56.6 Å². The van der Waals surface area contributed by atoms with Crippen LogP contribution in [0.25, 0.3) is 0 Å². The van der Waals surface area contributed by atoms with Crippen molar-refractivity contribution in [1.82, 2.24) is 0 Å². The molecule has 19 heavy (non-hydrogen) atoms. The van der Waals surface area contributed by atoms with E-state index in [0.29, 0.717) is 12.5 Å². The van der Waals surface area contributed by atoms with E-state index in [-0.39, 0.29) is 0 Å². The van der Waals surface area contributed by atoms with Crippen molar-refractivity contribution in [2.24, 2.45) is 0 Å². The van der Waals surface area contributed by atoms with Gasteiger partial charge in [0, 0.05) is 16.5 Å². The van der Waals surface area contributed by atoms with E-state index in [1.54, 1.807) is 0 Å². The van der Waals surface area contributed by atoms with Crippen molar-refractivity contribution in [3.05, 3.63) is 64.2 Å². The minimum absolute atomic E-state index is 0.322. The Hall–Kier alpha value is -1.47. The molecule has 0 aromatic heterocycles. The Morgan fingerprint density at radius 3 is 2.58 bits per heavy atom. The first-order chi connectivity index (χ1) is 9.25. The first-order valence-electron chi connectivity index (χ1n) is 6.76. The second-order valence-electron chi connectivity index (χ2n) is 4.39. The fraction of sp³-hybridized carbons (Fsp3) is 0.294. The summed E-state index contributed by atoms with van der Waals surface area (Å²) in [5.74, 6) is 1.26. The first kappa shape index (κ1) is 14.0. The lowest BCUT2D eigenvalue weighted by atomic mass is 9.90. The third-order valence-corrected chi connectivity index (χ3v) is 3.58. The van der Waals surface area contributed by atoms with Gasteiger partial charge in [0.1, 0.15) is 12.4 Å². The summed E-state index contributed by atoms with van der Waals surface area (Å²) in [6.45, 7) is 6.83. The zero-order valence-electron chi connectivity index (χ0n) is 11.6. The highest BCUT2D eigenvalue weighted by Crippen LogP contribution is 2.38. The summed E-state index contributed by atoms with van der Waals surface area (Å²) in [5.41, 5.74) is 3.75. The van der Waals surface area contributed by atoms with Gasteiger partial charge in [0.15, 0.2) is 0 Å². The molecule has 1 aliphatic rings. The molecule has 1 heterocycles. The number of hydrogen-bond acceptors (Lipinski definition) is 1.